The molecule has 1 aliphatic rings. The van der Waals surface area contributed by atoms with Gasteiger partial charge in [-0.25, -0.2) is 14.9 Å². The molecule has 3 rings (SSSR count). The third-order valence-corrected chi connectivity index (χ3v) is 3.39. The second kappa shape index (κ2) is 5.53. The van der Waals surface area contributed by atoms with E-state index in [2.05, 4.69) is 31.5 Å². The van der Waals surface area contributed by atoms with E-state index in [0.717, 1.165) is 17.0 Å². The Balaban J connectivity index is 1.91. The molecule has 0 aliphatic carbocycles. The number of fused-ring (bicyclic) bond motifs is 1. The van der Waals surface area contributed by atoms with Crippen LogP contribution in [0.15, 0.2) is 30.4 Å². The van der Waals surface area contributed by atoms with Crippen LogP contribution in [0.3, 0.4) is 0 Å². The number of amides is 1. The molecule has 9 heteroatoms. The summed E-state index contributed by atoms with van der Waals surface area (Å²) < 4.78 is 1.68. The average molecular weight is 302 g/mol. The summed E-state index contributed by atoms with van der Waals surface area (Å²) in [6.07, 6.45) is 5.27. The summed E-state index contributed by atoms with van der Waals surface area (Å²) in [5.41, 5.74) is 5.35. The van der Waals surface area contributed by atoms with Gasteiger partial charge in [-0.2, -0.15) is 0 Å². The van der Waals surface area contributed by atoms with Crippen LogP contribution in [-0.4, -0.2) is 52.7 Å². The van der Waals surface area contributed by atoms with Gasteiger partial charge in [0.25, 0.3) is 0 Å². The van der Waals surface area contributed by atoms with Crippen molar-refractivity contribution in [3.05, 3.63) is 30.4 Å². The first-order valence-electron chi connectivity index (χ1n) is 6.84. The number of anilines is 2. The molecule has 1 unspecified atom stereocenters. The summed E-state index contributed by atoms with van der Waals surface area (Å²) in [7, 11) is 5.26. The van der Waals surface area contributed by atoms with Crippen LogP contribution in [0.1, 0.15) is 0 Å². The number of rotatable bonds is 4. The summed E-state index contributed by atoms with van der Waals surface area (Å²) in [5.74, 6) is 0.493. The first kappa shape index (κ1) is 14.1. The molecule has 1 aliphatic heterocycles. The number of aromatic nitrogens is 3. The van der Waals surface area contributed by atoms with Crippen LogP contribution in [0, 0.1) is 0 Å². The standard InChI is InChI=1S/C13H18N8O/c1-14-8-6-10(18-21-5-4-16-12(8)21)17-9-7-20(3)19-11(9)13(22)15-2/h4-7,11,14,19H,1-3H3,(H,15,22)(H,17,18). The quantitative estimate of drug-likeness (QED) is 0.609. The maximum absolute atomic E-state index is 11.9. The minimum atomic E-state index is -0.478. The first-order chi connectivity index (χ1) is 10.6. The van der Waals surface area contributed by atoms with Gasteiger partial charge in [0.1, 0.15) is 6.04 Å². The fraction of sp³-hybridized carbons (Fsp3) is 0.308. The molecule has 1 amide bonds. The Morgan fingerprint density at radius 1 is 1.41 bits per heavy atom. The number of hydrogen-bond donors (Lipinski definition) is 4. The summed E-state index contributed by atoms with van der Waals surface area (Å²) in [4.78, 5) is 16.2. The normalized spacial score (nSPS) is 17.5. The maximum Gasteiger partial charge on any atom is 0.244 e. The Morgan fingerprint density at radius 2 is 2.23 bits per heavy atom. The molecule has 0 saturated heterocycles. The van der Waals surface area contributed by atoms with Gasteiger partial charge in [-0.15, -0.1) is 5.10 Å². The van der Waals surface area contributed by atoms with Crippen molar-refractivity contribution >= 4 is 23.1 Å². The van der Waals surface area contributed by atoms with Crippen LogP contribution < -0.4 is 21.4 Å². The lowest BCUT2D eigenvalue weighted by molar-refractivity contribution is -0.122. The van der Waals surface area contributed by atoms with E-state index < -0.39 is 6.04 Å². The van der Waals surface area contributed by atoms with Crippen LogP contribution in [0.5, 0.6) is 0 Å². The van der Waals surface area contributed by atoms with Crippen molar-refractivity contribution in [3.8, 4) is 0 Å². The Bertz CT molecular complexity index is 737. The molecule has 0 fully saturated rings. The molecular formula is C13H18N8O. The second-order valence-corrected chi connectivity index (χ2v) is 4.89. The molecule has 4 N–H and O–H groups in total. The largest absolute Gasteiger partial charge is 0.385 e. The number of imidazole rings is 1. The van der Waals surface area contributed by atoms with Gasteiger partial charge >= 0.3 is 0 Å². The summed E-state index contributed by atoms with van der Waals surface area (Å²) in [6.45, 7) is 0. The molecule has 0 spiro atoms. The average Bonchev–Trinajstić information content (AvgIpc) is 3.12. The summed E-state index contributed by atoms with van der Waals surface area (Å²) >= 11 is 0. The lowest BCUT2D eigenvalue weighted by Gasteiger charge is -2.16. The van der Waals surface area contributed by atoms with Crippen LogP contribution in [0.25, 0.3) is 5.65 Å². The van der Waals surface area contributed by atoms with Gasteiger partial charge in [0.05, 0.1) is 11.4 Å². The van der Waals surface area contributed by atoms with Gasteiger partial charge in [0, 0.05) is 45.8 Å². The number of hydrazine groups is 1. The zero-order chi connectivity index (χ0) is 15.7. The number of nitrogens with one attached hydrogen (secondary N) is 4. The van der Waals surface area contributed by atoms with E-state index in [1.807, 2.05) is 26.4 Å². The monoisotopic (exact) mass is 302 g/mol. The zero-order valence-electron chi connectivity index (χ0n) is 12.6. The van der Waals surface area contributed by atoms with Crippen molar-refractivity contribution in [2.45, 2.75) is 6.04 Å². The van der Waals surface area contributed by atoms with E-state index in [4.69, 9.17) is 0 Å². The molecule has 1 atom stereocenters. The van der Waals surface area contributed by atoms with Crippen molar-refractivity contribution in [3.63, 3.8) is 0 Å². The molecule has 22 heavy (non-hydrogen) atoms. The van der Waals surface area contributed by atoms with Gasteiger partial charge in [-0.05, 0) is 0 Å². The fourth-order valence-electron chi connectivity index (χ4n) is 2.35. The van der Waals surface area contributed by atoms with Gasteiger partial charge < -0.3 is 21.0 Å². The molecule has 2 aromatic heterocycles. The SMILES string of the molecule is CNC(=O)C1NN(C)C=C1Nc1cc(NC)c2nccn2n1. The van der Waals surface area contributed by atoms with Gasteiger partial charge in [-0.1, -0.05) is 0 Å². The van der Waals surface area contributed by atoms with Crippen molar-refractivity contribution < 1.29 is 4.79 Å². The van der Waals surface area contributed by atoms with Crippen molar-refractivity contribution in [1.29, 1.82) is 0 Å². The third kappa shape index (κ3) is 2.42. The molecule has 3 heterocycles. The Kier molecular flexibility index (Phi) is 3.55. The van der Waals surface area contributed by atoms with E-state index in [1.165, 1.54) is 0 Å². The molecule has 0 aromatic carbocycles. The van der Waals surface area contributed by atoms with Gasteiger partial charge in [-0.3, -0.25) is 4.79 Å². The minimum Gasteiger partial charge on any atom is -0.385 e. The number of carbonyl (C=O) groups excluding carboxylic acids is 1. The van der Waals surface area contributed by atoms with E-state index in [1.54, 1.807) is 29.0 Å². The molecule has 0 radical (unpaired) electrons. The van der Waals surface area contributed by atoms with E-state index in [0.29, 0.717) is 5.82 Å². The predicted molar refractivity (Wildman–Crippen MR) is 83.0 cm³/mol. The smallest absolute Gasteiger partial charge is 0.244 e. The molecular weight excluding hydrogens is 284 g/mol. The molecule has 116 valence electrons. The van der Waals surface area contributed by atoms with Gasteiger partial charge in [0.15, 0.2) is 11.5 Å². The fourth-order valence-corrected chi connectivity index (χ4v) is 2.35. The van der Waals surface area contributed by atoms with E-state index in [9.17, 15) is 4.79 Å². The topological polar surface area (TPSA) is 98.6 Å². The highest BCUT2D eigenvalue weighted by molar-refractivity contribution is 5.86. The lowest BCUT2D eigenvalue weighted by Crippen LogP contribution is -2.45. The highest BCUT2D eigenvalue weighted by Gasteiger charge is 2.28. The molecule has 2 aromatic rings. The summed E-state index contributed by atoms with van der Waals surface area (Å²) in [6, 6.07) is 1.37. The van der Waals surface area contributed by atoms with Crippen LogP contribution in [-0.2, 0) is 4.79 Å². The number of nitrogens with zero attached hydrogens (tertiary/aromatic N) is 4. The number of carbonyl (C=O) groups is 1. The van der Waals surface area contributed by atoms with Crippen LogP contribution in [0.4, 0.5) is 11.5 Å². The van der Waals surface area contributed by atoms with Crippen molar-refractivity contribution in [1.82, 2.24) is 30.3 Å². The van der Waals surface area contributed by atoms with Gasteiger partial charge in [0.2, 0.25) is 5.91 Å². The molecule has 9 nitrogen and oxygen atoms in total. The first-order valence-corrected chi connectivity index (χ1v) is 6.84. The predicted octanol–water partition coefficient (Wildman–Crippen LogP) is -0.411. The highest BCUT2D eigenvalue weighted by Crippen LogP contribution is 2.21. The van der Waals surface area contributed by atoms with Crippen LogP contribution in [0.2, 0.25) is 0 Å². The number of likely N-dealkylation sites (N-methyl/N-ethyl adjacent to an activating group) is 1. The summed E-state index contributed by atoms with van der Waals surface area (Å²) in [5, 5.41) is 15.1. The minimum absolute atomic E-state index is 0.124. The zero-order valence-corrected chi connectivity index (χ0v) is 12.6. The Hall–Kier alpha value is -2.81. The van der Waals surface area contributed by atoms with Crippen molar-refractivity contribution in [2.24, 2.45) is 0 Å². The maximum atomic E-state index is 11.9. The second-order valence-electron chi connectivity index (χ2n) is 4.89. The van der Waals surface area contributed by atoms with E-state index >= 15 is 0 Å². The van der Waals surface area contributed by atoms with Crippen LogP contribution >= 0.6 is 0 Å². The Labute approximate surface area is 127 Å². The highest BCUT2D eigenvalue weighted by atomic mass is 16.2. The lowest BCUT2D eigenvalue weighted by atomic mass is 10.2. The molecule has 0 bridgehead atoms. The molecule has 0 saturated carbocycles. The Morgan fingerprint density at radius 3 is 2.95 bits per heavy atom. The van der Waals surface area contributed by atoms with Crippen molar-refractivity contribution in [2.75, 3.05) is 31.8 Å². The van der Waals surface area contributed by atoms with E-state index in [-0.39, 0.29) is 5.91 Å². The third-order valence-electron chi connectivity index (χ3n) is 3.39. The number of hydrogen-bond acceptors (Lipinski definition) is 7.